The summed E-state index contributed by atoms with van der Waals surface area (Å²) in [6, 6.07) is 37.9. The van der Waals surface area contributed by atoms with E-state index in [4.69, 9.17) is 0 Å². The highest BCUT2D eigenvalue weighted by Crippen LogP contribution is 2.24. The highest BCUT2D eigenvalue weighted by molar-refractivity contribution is 6.99. The van der Waals surface area contributed by atoms with Crippen LogP contribution in [0.4, 0.5) is 0 Å². The molecule has 0 fully saturated rings. The molecule has 0 aliphatic carbocycles. The lowest BCUT2D eigenvalue weighted by atomic mass is 9.33. The molecule has 52 heavy (non-hydrogen) atoms. The second-order valence-corrected chi connectivity index (χ2v) is 16.1. The minimum atomic E-state index is 0.105. The Labute approximate surface area is 313 Å². The summed E-state index contributed by atoms with van der Waals surface area (Å²) in [6.45, 7) is 27.6. The van der Waals surface area contributed by atoms with Gasteiger partial charge in [0, 0.05) is 0 Å². The van der Waals surface area contributed by atoms with Crippen molar-refractivity contribution in [1.82, 2.24) is 0 Å². The van der Waals surface area contributed by atoms with Crippen LogP contribution in [0.2, 0.25) is 0 Å². The maximum absolute atomic E-state index is 2.55. The Balaban J connectivity index is 1.60. The lowest BCUT2D eigenvalue weighted by Crippen LogP contribution is -2.56. The predicted octanol–water partition coefficient (Wildman–Crippen LogP) is 8.73. The number of benzene rings is 7. The number of hydrogen-bond acceptors (Lipinski definition) is 0. The minimum absolute atomic E-state index is 0.105. The van der Waals surface area contributed by atoms with Crippen LogP contribution in [0.5, 0.6) is 0 Å². The van der Waals surface area contributed by atoms with Crippen LogP contribution in [0.3, 0.4) is 0 Å². The van der Waals surface area contributed by atoms with Crippen LogP contribution in [0.15, 0.2) is 97.1 Å². The Hall–Kier alpha value is -4.81. The summed E-state index contributed by atoms with van der Waals surface area (Å²) in [5.74, 6) is 0. The van der Waals surface area contributed by atoms with E-state index in [1.807, 2.05) is 0 Å². The molecule has 0 aliphatic rings. The Kier molecular flexibility index (Phi) is 9.33. The zero-order chi connectivity index (χ0) is 37.2. The van der Waals surface area contributed by atoms with Gasteiger partial charge < -0.3 is 0 Å². The molecule has 7 aromatic carbocycles. The molecule has 0 saturated carbocycles. The first kappa shape index (κ1) is 35.6. The normalized spacial score (nSPS) is 11.5. The standard InChI is InChI=1S/C50H52B2/c1-29-19-33(5)47(34(6)20-29)51(48-35(7)21-30(2)22-36(48)8)45-17-13-15-41-27-42-16-14-18-46(44(42)28-43(41)45)52(49-37(9)23-31(3)24-38(49)10)50-39(11)25-32(4)26-40(50)12/h13-28H,1-12H3. The van der Waals surface area contributed by atoms with Crippen molar-refractivity contribution < 1.29 is 0 Å². The fourth-order valence-electron chi connectivity index (χ4n) is 10.1. The van der Waals surface area contributed by atoms with Gasteiger partial charge >= 0.3 is 0 Å². The molecule has 0 atom stereocenters. The average Bonchev–Trinajstić information content (AvgIpc) is 3.04. The lowest BCUT2D eigenvalue weighted by molar-refractivity contribution is 1.34. The predicted molar refractivity (Wildman–Crippen MR) is 233 cm³/mol. The summed E-state index contributed by atoms with van der Waals surface area (Å²) >= 11 is 0. The van der Waals surface area contributed by atoms with Crippen LogP contribution in [0.25, 0.3) is 21.5 Å². The highest BCUT2D eigenvalue weighted by Gasteiger charge is 2.32. The van der Waals surface area contributed by atoms with Crippen LogP contribution in [0.1, 0.15) is 66.8 Å². The molecular formula is C50H52B2. The number of hydrogen-bond donors (Lipinski definition) is 0. The Morgan fingerprint density at radius 3 is 0.788 bits per heavy atom. The van der Waals surface area contributed by atoms with Crippen molar-refractivity contribution in [3.63, 3.8) is 0 Å². The molecule has 0 aromatic heterocycles. The summed E-state index contributed by atoms with van der Waals surface area (Å²) in [5, 5.41) is 5.25. The van der Waals surface area contributed by atoms with Gasteiger partial charge in [-0.3, -0.25) is 0 Å². The van der Waals surface area contributed by atoms with Gasteiger partial charge in [0.25, 0.3) is 0 Å². The van der Waals surface area contributed by atoms with Crippen molar-refractivity contribution in [2.45, 2.75) is 83.1 Å². The molecule has 0 bridgehead atoms. The fourth-order valence-corrected chi connectivity index (χ4v) is 10.1. The fraction of sp³-hybridized carbons (Fsp3) is 0.240. The van der Waals surface area contributed by atoms with Crippen molar-refractivity contribution >= 4 is 67.7 Å². The molecule has 7 aromatic rings. The number of rotatable bonds is 6. The van der Waals surface area contributed by atoms with Crippen molar-refractivity contribution in [3.8, 4) is 0 Å². The second kappa shape index (κ2) is 13.6. The van der Waals surface area contributed by atoms with Gasteiger partial charge in [0.15, 0.2) is 0 Å². The van der Waals surface area contributed by atoms with E-state index in [1.165, 1.54) is 121 Å². The van der Waals surface area contributed by atoms with Gasteiger partial charge in [-0.15, -0.1) is 0 Å². The summed E-state index contributed by atoms with van der Waals surface area (Å²) in [4.78, 5) is 0. The van der Waals surface area contributed by atoms with Gasteiger partial charge in [-0.2, -0.15) is 0 Å². The summed E-state index contributed by atoms with van der Waals surface area (Å²) < 4.78 is 0. The maximum Gasteiger partial charge on any atom is 0.243 e. The Morgan fingerprint density at radius 1 is 0.288 bits per heavy atom. The molecule has 0 aliphatic heterocycles. The average molecular weight is 675 g/mol. The molecule has 0 nitrogen and oxygen atoms in total. The Morgan fingerprint density at radius 2 is 0.538 bits per heavy atom. The van der Waals surface area contributed by atoms with E-state index in [-0.39, 0.29) is 13.4 Å². The van der Waals surface area contributed by atoms with Crippen LogP contribution in [-0.2, 0) is 0 Å². The molecule has 7 rings (SSSR count). The van der Waals surface area contributed by atoms with E-state index in [9.17, 15) is 0 Å². The molecule has 0 amide bonds. The molecular weight excluding hydrogens is 622 g/mol. The molecule has 0 unspecified atom stereocenters. The van der Waals surface area contributed by atoms with Gasteiger partial charge in [0.2, 0.25) is 13.4 Å². The minimum Gasteiger partial charge on any atom is -0.0663 e. The van der Waals surface area contributed by atoms with Crippen LogP contribution >= 0.6 is 0 Å². The van der Waals surface area contributed by atoms with Crippen molar-refractivity contribution in [3.05, 3.63) is 164 Å². The van der Waals surface area contributed by atoms with Crippen molar-refractivity contribution in [2.24, 2.45) is 0 Å². The molecule has 258 valence electrons. The first-order valence-corrected chi connectivity index (χ1v) is 19.0. The first-order valence-electron chi connectivity index (χ1n) is 19.0. The van der Waals surface area contributed by atoms with Crippen LogP contribution in [-0.4, -0.2) is 13.4 Å². The topological polar surface area (TPSA) is 0 Å². The molecule has 2 heteroatoms. The monoisotopic (exact) mass is 674 g/mol. The SMILES string of the molecule is Cc1cc(C)c(B(c2c(C)cc(C)cc2C)c2cccc3cc4cccc(B(c5c(C)cc(C)cc5C)c5c(C)cc(C)cc5C)c4cc23)c(C)c1. The zero-order valence-corrected chi connectivity index (χ0v) is 33.4. The van der Waals surface area contributed by atoms with Gasteiger partial charge in [0.1, 0.15) is 0 Å². The summed E-state index contributed by atoms with van der Waals surface area (Å²) in [6.07, 6.45) is 0. The molecule has 0 saturated heterocycles. The van der Waals surface area contributed by atoms with E-state index in [0.29, 0.717) is 0 Å². The molecule has 0 heterocycles. The van der Waals surface area contributed by atoms with Crippen molar-refractivity contribution in [2.75, 3.05) is 0 Å². The van der Waals surface area contributed by atoms with E-state index in [1.54, 1.807) is 0 Å². The number of aryl methyl sites for hydroxylation is 12. The second-order valence-electron chi connectivity index (χ2n) is 16.1. The molecule has 0 radical (unpaired) electrons. The third-order valence-corrected chi connectivity index (χ3v) is 11.7. The van der Waals surface area contributed by atoms with E-state index in [0.717, 1.165) is 0 Å². The molecule has 0 N–H and O–H groups in total. The number of fused-ring (bicyclic) bond motifs is 2. The van der Waals surface area contributed by atoms with E-state index < -0.39 is 0 Å². The van der Waals surface area contributed by atoms with Crippen molar-refractivity contribution in [1.29, 1.82) is 0 Å². The van der Waals surface area contributed by atoms with Crippen LogP contribution < -0.4 is 32.8 Å². The largest absolute Gasteiger partial charge is 0.243 e. The van der Waals surface area contributed by atoms with Gasteiger partial charge in [-0.1, -0.05) is 184 Å². The Bertz CT molecular complexity index is 2170. The third kappa shape index (κ3) is 6.21. The van der Waals surface area contributed by atoms with E-state index in [2.05, 4.69) is 180 Å². The van der Waals surface area contributed by atoms with Crippen LogP contribution in [0, 0.1) is 83.1 Å². The molecule has 0 spiro atoms. The quantitative estimate of drug-likeness (QED) is 0.122. The zero-order valence-electron chi connectivity index (χ0n) is 33.4. The highest BCUT2D eigenvalue weighted by atomic mass is 14.2. The summed E-state index contributed by atoms with van der Waals surface area (Å²) in [7, 11) is 0. The van der Waals surface area contributed by atoms with Gasteiger partial charge in [-0.25, -0.2) is 0 Å². The van der Waals surface area contributed by atoms with E-state index >= 15 is 0 Å². The maximum atomic E-state index is 2.55. The summed E-state index contributed by atoms with van der Waals surface area (Å²) in [5.41, 5.74) is 24.6. The van der Waals surface area contributed by atoms with Gasteiger partial charge in [0.05, 0.1) is 0 Å². The lowest BCUT2D eigenvalue weighted by Gasteiger charge is -2.27. The third-order valence-electron chi connectivity index (χ3n) is 11.7. The van der Waals surface area contributed by atoms with Gasteiger partial charge in [-0.05, 0) is 117 Å². The smallest absolute Gasteiger partial charge is 0.0663 e. The first-order chi connectivity index (χ1) is 24.7.